The van der Waals surface area contributed by atoms with Crippen LogP contribution in [-0.4, -0.2) is 36.1 Å². The van der Waals surface area contributed by atoms with Crippen LogP contribution in [0, 0.1) is 0 Å². The molecule has 1 N–H and O–H groups in total. The largest absolute Gasteiger partial charge is 0.311 e. The maximum atomic E-state index is 3.59. The zero-order valence-corrected chi connectivity index (χ0v) is 6.92. The Labute approximate surface area is 68.0 Å². The van der Waals surface area contributed by atoms with E-state index in [1.807, 2.05) is 0 Å². The Morgan fingerprint density at radius 3 is 2.27 bits per heavy atom. The molecular weight excluding hydrogens is 136 g/mol. The lowest BCUT2D eigenvalue weighted by Crippen LogP contribution is -2.61. The number of piperidine rings is 2. The van der Waals surface area contributed by atoms with Crippen LogP contribution in [0.1, 0.15) is 25.7 Å². The van der Waals surface area contributed by atoms with Crippen molar-refractivity contribution in [3.05, 3.63) is 0 Å². The smallest absolute Gasteiger partial charge is 0.0224 e. The molecule has 0 aromatic rings. The van der Waals surface area contributed by atoms with Crippen molar-refractivity contribution in [2.45, 2.75) is 43.8 Å². The summed E-state index contributed by atoms with van der Waals surface area (Å²) in [5.41, 5.74) is 0. The average Bonchev–Trinajstić information content (AvgIpc) is 2.89. The van der Waals surface area contributed by atoms with Crippen molar-refractivity contribution in [2.24, 2.45) is 0 Å². The van der Waals surface area contributed by atoms with E-state index in [0.29, 0.717) is 0 Å². The lowest BCUT2D eigenvalue weighted by atomic mass is 9.93. The number of piperazine rings is 1. The molecule has 0 aromatic heterocycles. The zero-order valence-electron chi connectivity index (χ0n) is 6.92. The van der Waals surface area contributed by atoms with Crippen LogP contribution in [-0.2, 0) is 0 Å². The minimum absolute atomic E-state index is 0.834. The van der Waals surface area contributed by atoms with E-state index in [4.69, 9.17) is 0 Å². The quantitative estimate of drug-likeness (QED) is 0.591. The monoisotopic (exact) mass is 152 g/mol. The summed E-state index contributed by atoms with van der Waals surface area (Å²) in [7, 11) is 0. The van der Waals surface area contributed by atoms with Gasteiger partial charge in [-0.1, -0.05) is 0 Å². The topological polar surface area (TPSA) is 15.3 Å². The first-order valence-electron chi connectivity index (χ1n) is 4.92. The first-order valence-corrected chi connectivity index (χ1v) is 4.92. The van der Waals surface area contributed by atoms with Gasteiger partial charge in [0.25, 0.3) is 0 Å². The second kappa shape index (κ2) is 2.20. The minimum Gasteiger partial charge on any atom is -0.311 e. The van der Waals surface area contributed by atoms with Crippen LogP contribution in [0.2, 0.25) is 0 Å². The van der Waals surface area contributed by atoms with Crippen LogP contribution in [0.5, 0.6) is 0 Å². The molecule has 2 nitrogen and oxygen atoms in total. The number of nitrogens with one attached hydrogen (secondary N) is 1. The average molecular weight is 152 g/mol. The van der Waals surface area contributed by atoms with Crippen molar-refractivity contribution < 1.29 is 0 Å². The molecule has 2 atom stereocenters. The molecule has 2 heteroatoms. The van der Waals surface area contributed by atoms with Crippen LogP contribution < -0.4 is 5.32 Å². The first-order chi connectivity index (χ1) is 5.43. The van der Waals surface area contributed by atoms with Crippen molar-refractivity contribution >= 4 is 0 Å². The van der Waals surface area contributed by atoms with Crippen LogP contribution in [0.3, 0.4) is 0 Å². The second-order valence-corrected chi connectivity index (χ2v) is 4.26. The van der Waals surface area contributed by atoms with Gasteiger partial charge in [-0.3, -0.25) is 4.90 Å². The van der Waals surface area contributed by atoms with Gasteiger partial charge in [0, 0.05) is 31.2 Å². The summed E-state index contributed by atoms with van der Waals surface area (Å²) in [6, 6.07) is 2.72. The van der Waals surface area contributed by atoms with Gasteiger partial charge in [-0.15, -0.1) is 0 Å². The summed E-state index contributed by atoms with van der Waals surface area (Å²) in [6.45, 7) is 2.61. The summed E-state index contributed by atoms with van der Waals surface area (Å²) in [5, 5.41) is 3.59. The Morgan fingerprint density at radius 2 is 1.82 bits per heavy atom. The Bertz CT molecular complexity index is 157. The maximum Gasteiger partial charge on any atom is 0.0224 e. The molecule has 0 amide bonds. The van der Waals surface area contributed by atoms with Crippen molar-refractivity contribution in [1.29, 1.82) is 0 Å². The Kier molecular flexibility index (Phi) is 1.29. The van der Waals surface area contributed by atoms with E-state index < -0.39 is 0 Å². The van der Waals surface area contributed by atoms with Crippen molar-refractivity contribution in [3.8, 4) is 0 Å². The third-order valence-corrected chi connectivity index (χ3v) is 3.41. The SMILES string of the molecule is C1CC2CNC1CN2C1CC1. The van der Waals surface area contributed by atoms with Gasteiger partial charge in [-0.2, -0.15) is 0 Å². The van der Waals surface area contributed by atoms with E-state index in [1.165, 1.54) is 38.8 Å². The fraction of sp³-hybridized carbons (Fsp3) is 1.00. The highest BCUT2D eigenvalue weighted by molar-refractivity contribution is 4.99. The molecule has 0 radical (unpaired) electrons. The molecule has 2 bridgehead atoms. The lowest BCUT2D eigenvalue weighted by Gasteiger charge is -2.46. The molecule has 0 spiro atoms. The van der Waals surface area contributed by atoms with Gasteiger partial charge < -0.3 is 5.32 Å². The molecule has 4 rings (SSSR count). The van der Waals surface area contributed by atoms with Crippen LogP contribution >= 0.6 is 0 Å². The third kappa shape index (κ3) is 1.00. The van der Waals surface area contributed by atoms with E-state index in [0.717, 1.165) is 18.1 Å². The summed E-state index contributed by atoms with van der Waals surface area (Å²) < 4.78 is 0. The summed E-state index contributed by atoms with van der Waals surface area (Å²) in [5.74, 6) is 0. The predicted molar refractivity (Wildman–Crippen MR) is 44.5 cm³/mol. The Balaban J connectivity index is 1.75. The first kappa shape index (κ1) is 6.44. The predicted octanol–water partition coefficient (Wildman–Crippen LogP) is 0.585. The molecule has 3 heterocycles. The van der Waals surface area contributed by atoms with Gasteiger partial charge in [0.2, 0.25) is 0 Å². The van der Waals surface area contributed by atoms with Crippen molar-refractivity contribution in [1.82, 2.24) is 10.2 Å². The van der Waals surface area contributed by atoms with Gasteiger partial charge in [-0.25, -0.2) is 0 Å². The molecule has 1 saturated carbocycles. The zero-order chi connectivity index (χ0) is 7.26. The lowest BCUT2D eigenvalue weighted by molar-refractivity contribution is 0.0681. The molecule has 2 unspecified atom stereocenters. The van der Waals surface area contributed by atoms with E-state index in [-0.39, 0.29) is 0 Å². The highest BCUT2D eigenvalue weighted by atomic mass is 15.3. The summed E-state index contributed by atoms with van der Waals surface area (Å²) >= 11 is 0. The third-order valence-electron chi connectivity index (χ3n) is 3.41. The number of fused-ring (bicyclic) bond motifs is 3. The molecule has 11 heavy (non-hydrogen) atoms. The number of hydrogen-bond donors (Lipinski definition) is 1. The van der Waals surface area contributed by atoms with Crippen LogP contribution in [0.4, 0.5) is 0 Å². The molecule has 1 aliphatic carbocycles. The minimum atomic E-state index is 0.834. The van der Waals surface area contributed by atoms with Crippen LogP contribution in [0.15, 0.2) is 0 Å². The van der Waals surface area contributed by atoms with Gasteiger partial charge in [0.15, 0.2) is 0 Å². The van der Waals surface area contributed by atoms with E-state index in [1.54, 1.807) is 0 Å². The molecule has 4 aliphatic rings. The molecule has 62 valence electrons. The molecular formula is C9H16N2. The van der Waals surface area contributed by atoms with E-state index in [9.17, 15) is 0 Å². The number of nitrogens with zero attached hydrogens (tertiary/aromatic N) is 1. The molecule has 3 aliphatic heterocycles. The molecule has 4 fully saturated rings. The van der Waals surface area contributed by atoms with Gasteiger partial charge in [0.05, 0.1) is 0 Å². The van der Waals surface area contributed by atoms with E-state index in [2.05, 4.69) is 10.2 Å². The van der Waals surface area contributed by atoms with Crippen molar-refractivity contribution in [3.63, 3.8) is 0 Å². The summed E-state index contributed by atoms with van der Waals surface area (Å²) in [4.78, 5) is 2.75. The standard InChI is InChI=1S/C9H16N2/c1-2-9-5-10-7(1)6-11(9)8-3-4-8/h7-10H,1-6H2. The Hall–Kier alpha value is -0.0800. The summed E-state index contributed by atoms with van der Waals surface area (Å²) in [6.07, 6.45) is 5.83. The van der Waals surface area contributed by atoms with Crippen LogP contribution in [0.25, 0.3) is 0 Å². The fourth-order valence-electron chi connectivity index (χ4n) is 2.60. The van der Waals surface area contributed by atoms with Gasteiger partial charge in [-0.05, 0) is 25.7 Å². The number of hydrogen-bond acceptors (Lipinski definition) is 2. The highest BCUT2D eigenvalue weighted by Crippen LogP contribution is 2.34. The van der Waals surface area contributed by atoms with Gasteiger partial charge in [0.1, 0.15) is 0 Å². The molecule has 0 aromatic carbocycles. The Morgan fingerprint density at radius 1 is 1.00 bits per heavy atom. The maximum absolute atomic E-state index is 3.59. The van der Waals surface area contributed by atoms with Gasteiger partial charge >= 0.3 is 0 Å². The normalized spacial score (nSPS) is 44.7. The number of rotatable bonds is 1. The fourth-order valence-corrected chi connectivity index (χ4v) is 2.60. The highest BCUT2D eigenvalue weighted by Gasteiger charge is 2.40. The second-order valence-electron chi connectivity index (χ2n) is 4.26. The van der Waals surface area contributed by atoms with E-state index >= 15 is 0 Å². The van der Waals surface area contributed by atoms with Crippen molar-refractivity contribution in [2.75, 3.05) is 13.1 Å². The molecule has 3 saturated heterocycles.